The third-order valence-electron chi connectivity index (χ3n) is 3.54. The van der Waals surface area contributed by atoms with E-state index < -0.39 is 0 Å². The van der Waals surface area contributed by atoms with E-state index in [0.29, 0.717) is 5.15 Å². The summed E-state index contributed by atoms with van der Waals surface area (Å²) in [4.78, 5) is 16.4. The minimum atomic E-state index is -0.122. The number of thioether (sulfide) groups is 2. The van der Waals surface area contributed by atoms with E-state index in [1.807, 2.05) is 31.6 Å². The summed E-state index contributed by atoms with van der Waals surface area (Å²) in [5.74, 6) is 0. The Morgan fingerprint density at radius 1 is 1.26 bits per heavy atom. The summed E-state index contributed by atoms with van der Waals surface area (Å²) < 4.78 is 3.55. The van der Waals surface area contributed by atoms with E-state index in [1.54, 1.807) is 30.1 Å². The molecule has 0 spiro atoms. The molecule has 3 heterocycles. The summed E-state index contributed by atoms with van der Waals surface area (Å²) in [6.45, 7) is 1.93. The van der Waals surface area contributed by atoms with Crippen molar-refractivity contribution >= 4 is 40.8 Å². The lowest BCUT2D eigenvalue weighted by Gasteiger charge is -2.22. The Labute approximate surface area is 147 Å². The lowest BCUT2D eigenvalue weighted by Crippen LogP contribution is -2.22. The van der Waals surface area contributed by atoms with Crippen LogP contribution in [-0.4, -0.2) is 31.7 Å². The average molecular weight is 367 g/mol. The van der Waals surface area contributed by atoms with Gasteiger partial charge in [0, 0.05) is 29.6 Å². The van der Waals surface area contributed by atoms with Crippen molar-refractivity contribution in [3.63, 3.8) is 0 Å². The fourth-order valence-electron chi connectivity index (χ4n) is 2.50. The highest BCUT2D eigenvalue weighted by Gasteiger charge is 2.19. The summed E-state index contributed by atoms with van der Waals surface area (Å²) in [5.41, 5.74) is 2.54. The van der Waals surface area contributed by atoms with Gasteiger partial charge in [0.05, 0.1) is 0 Å². The van der Waals surface area contributed by atoms with Crippen LogP contribution < -0.4 is 5.56 Å². The largest absolute Gasteiger partial charge is 0.313 e. The molecule has 0 saturated carbocycles. The summed E-state index contributed by atoms with van der Waals surface area (Å²) >= 11 is 9.07. The van der Waals surface area contributed by atoms with Crippen molar-refractivity contribution in [3.05, 3.63) is 57.2 Å². The van der Waals surface area contributed by atoms with Crippen LogP contribution in [0.3, 0.4) is 0 Å². The molecule has 0 bridgehead atoms. The third-order valence-corrected chi connectivity index (χ3v) is 5.31. The van der Waals surface area contributed by atoms with Crippen molar-refractivity contribution in [2.75, 3.05) is 12.5 Å². The van der Waals surface area contributed by atoms with E-state index in [9.17, 15) is 4.79 Å². The van der Waals surface area contributed by atoms with Crippen molar-refractivity contribution in [1.29, 1.82) is 0 Å². The minimum Gasteiger partial charge on any atom is -0.313 e. The molecule has 0 aliphatic heterocycles. The highest BCUT2D eigenvalue weighted by molar-refractivity contribution is 7.98. The van der Waals surface area contributed by atoms with Gasteiger partial charge in [0.25, 0.3) is 5.56 Å². The van der Waals surface area contributed by atoms with Crippen LogP contribution in [0.5, 0.6) is 0 Å². The molecule has 5 nitrogen and oxygen atoms in total. The van der Waals surface area contributed by atoms with E-state index in [-0.39, 0.29) is 10.9 Å². The molecule has 1 atom stereocenters. The van der Waals surface area contributed by atoms with Crippen LogP contribution >= 0.6 is 35.1 Å². The molecule has 0 amide bonds. The molecule has 0 aliphatic rings. The number of hydrogen-bond donors (Lipinski definition) is 0. The number of pyridine rings is 1. The zero-order valence-electron chi connectivity index (χ0n) is 12.9. The van der Waals surface area contributed by atoms with Gasteiger partial charge in [-0.3, -0.25) is 4.79 Å². The number of hydrogen-bond acceptors (Lipinski definition) is 5. The zero-order valence-corrected chi connectivity index (χ0v) is 15.2. The van der Waals surface area contributed by atoms with Crippen molar-refractivity contribution < 1.29 is 0 Å². The van der Waals surface area contributed by atoms with Gasteiger partial charge in [0.1, 0.15) is 21.2 Å². The van der Waals surface area contributed by atoms with Crippen LogP contribution in [0.15, 0.2) is 40.3 Å². The van der Waals surface area contributed by atoms with Crippen LogP contribution in [0.2, 0.25) is 5.15 Å². The van der Waals surface area contributed by atoms with E-state index in [1.165, 1.54) is 16.3 Å². The lowest BCUT2D eigenvalue weighted by molar-refractivity contribution is 0.718. The Bertz CT molecular complexity index is 904. The highest BCUT2D eigenvalue weighted by Crippen LogP contribution is 2.32. The first-order chi connectivity index (χ1) is 11.0. The van der Waals surface area contributed by atoms with Gasteiger partial charge in [0.2, 0.25) is 0 Å². The molecule has 0 N–H and O–H groups in total. The van der Waals surface area contributed by atoms with Crippen LogP contribution in [0.1, 0.15) is 16.6 Å². The number of aryl methyl sites for hydroxylation is 1. The Balaban J connectivity index is 2.26. The second-order valence-electron chi connectivity index (χ2n) is 4.95. The fraction of sp³-hybridized carbons (Fsp3) is 0.267. The predicted molar refractivity (Wildman–Crippen MR) is 96.9 cm³/mol. The van der Waals surface area contributed by atoms with Gasteiger partial charge >= 0.3 is 0 Å². The molecule has 0 fully saturated rings. The molecule has 0 aliphatic carbocycles. The standard InChI is InChI=1S/C15H15ClN4OS2/c1-9-6-14(21)20-13(7-12(18-20)22-2)19(9)15(23-3)10-4-5-11(16)17-8-10/h4-8,15H,1-3H3. The number of fused-ring (bicyclic) bond motifs is 1. The fourth-order valence-corrected chi connectivity index (χ4v) is 3.90. The smallest absolute Gasteiger partial charge is 0.274 e. The molecule has 23 heavy (non-hydrogen) atoms. The summed E-state index contributed by atoms with van der Waals surface area (Å²) in [7, 11) is 0. The molecule has 1 unspecified atom stereocenters. The molecule has 3 aromatic heterocycles. The van der Waals surface area contributed by atoms with Gasteiger partial charge in [-0.1, -0.05) is 17.7 Å². The third kappa shape index (κ3) is 3.00. The number of nitrogens with zero attached hydrogens (tertiary/aromatic N) is 4. The Morgan fingerprint density at radius 2 is 2.04 bits per heavy atom. The first-order valence-electron chi connectivity index (χ1n) is 6.85. The van der Waals surface area contributed by atoms with Gasteiger partial charge in [0.15, 0.2) is 0 Å². The van der Waals surface area contributed by atoms with Crippen molar-refractivity contribution in [3.8, 4) is 0 Å². The highest BCUT2D eigenvalue weighted by atomic mass is 35.5. The quantitative estimate of drug-likeness (QED) is 0.522. The molecule has 0 aromatic carbocycles. The lowest BCUT2D eigenvalue weighted by atomic mass is 10.2. The van der Waals surface area contributed by atoms with Crippen LogP contribution in [0, 0.1) is 6.92 Å². The number of aromatic nitrogens is 4. The monoisotopic (exact) mass is 366 g/mol. The topological polar surface area (TPSA) is 52.2 Å². The zero-order chi connectivity index (χ0) is 16.6. The second kappa shape index (κ2) is 6.59. The number of rotatable bonds is 4. The van der Waals surface area contributed by atoms with Crippen LogP contribution in [-0.2, 0) is 0 Å². The maximum absolute atomic E-state index is 12.2. The molecule has 0 saturated heterocycles. The molecular formula is C15H15ClN4OS2. The van der Waals surface area contributed by atoms with Gasteiger partial charge in [-0.25, -0.2) is 4.98 Å². The second-order valence-corrected chi connectivity index (χ2v) is 7.08. The molecular weight excluding hydrogens is 352 g/mol. The van der Waals surface area contributed by atoms with E-state index in [0.717, 1.165) is 21.9 Å². The van der Waals surface area contributed by atoms with Gasteiger partial charge in [-0.05, 0) is 25.5 Å². The molecule has 3 rings (SSSR count). The van der Waals surface area contributed by atoms with E-state index >= 15 is 0 Å². The maximum Gasteiger partial charge on any atom is 0.274 e. The molecule has 8 heteroatoms. The Kier molecular flexibility index (Phi) is 4.70. The molecule has 120 valence electrons. The number of halogens is 1. The molecule has 3 aromatic rings. The first-order valence-corrected chi connectivity index (χ1v) is 9.74. The summed E-state index contributed by atoms with van der Waals surface area (Å²) in [6, 6.07) is 7.28. The van der Waals surface area contributed by atoms with E-state index in [4.69, 9.17) is 11.6 Å². The van der Waals surface area contributed by atoms with Gasteiger partial charge in [-0.15, -0.1) is 23.5 Å². The minimum absolute atomic E-state index is 0.0192. The maximum atomic E-state index is 12.2. The van der Waals surface area contributed by atoms with Crippen molar-refractivity contribution in [1.82, 2.24) is 19.2 Å². The van der Waals surface area contributed by atoms with Crippen molar-refractivity contribution in [2.24, 2.45) is 0 Å². The van der Waals surface area contributed by atoms with E-state index in [2.05, 4.69) is 14.6 Å². The average Bonchev–Trinajstić information content (AvgIpc) is 2.97. The van der Waals surface area contributed by atoms with Crippen LogP contribution in [0.25, 0.3) is 5.65 Å². The van der Waals surface area contributed by atoms with Gasteiger partial charge < -0.3 is 4.57 Å². The van der Waals surface area contributed by atoms with Crippen molar-refractivity contribution in [2.45, 2.75) is 17.3 Å². The predicted octanol–water partition coefficient (Wildman–Crippen LogP) is 3.48. The molecule has 0 radical (unpaired) electrons. The van der Waals surface area contributed by atoms with Gasteiger partial charge in [-0.2, -0.15) is 9.61 Å². The Hall–Kier alpha value is -1.44. The SMILES string of the molecule is CSc1cc2n(C(SC)c3ccc(Cl)nc3)c(C)cc(=O)n2n1. The summed E-state index contributed by atoms with van der Waals surface area (Å²) in [5, 5.41) is 5.62. The first kappa shape index (κ1) is 16.4. The summed E-state index contributed by atoms with van der Waals surface area (Å²) in [6.07, 6.45) is 5.74. The Morgan fingerprint density at radius 3 is 2.65 bits per heavy atom. The van der Waals surface area contributed by atoms with Crippen LogP contribution in [0.4, 0.5) is 0 Å². The normalized spacial score (nSPS) is 12.7.